The van der Waals surface area contributed by atoms with Crippen LogP contribution in [-0.2, 0) is 11.8 Å². The molecular formula is C16H23ClN4O. The van der Waals surface area contributed by atoms with Gasteiger partial charge in [-0.2, -0.15) is 5.10 Å². The SMILES string of the molecule is CNC(C(=O)NCC(C)c1ccccc1)c1cnn(C)c1.Cl. The van der Waals surface area contributed by atoms with Crippen LogP contribution in [-0.4, -0.2) is 29.3 Å². The van der Waals surface area contributed by atoms with Crippen molar-refractivity contribution in [1.82, 2.24) is 20.4 Å². The Morgan fingerprint density at radius 2 is 1.95 bits per heavy atom. The molecule has 2 rings (SSSR count). The fourth-order valence-corrected chi connectivity index (χ4v) is 2.29. The van der Waals surface area contributed by atoms with Gasteiger partial charge in [-0.15, -0.1) is 12.4 Å². The molecule has 0 saturated carbocycles. The summed E-state index contributed by atoms with van der Waals surface area (Å²) in [5, 5.41) is 10.1. The Kier molecular flexibility index (Phi) is 7.08. The number of aromatic nitrogens is 2. The van der Waals surface area contributed by atoms with Gasteiger partial charge in [0.15, 0.2) is 0 Å². The Morgan fingerprint density at radius 1 is 1.27 bits per heavy atom. The second kappa shape index (κ2) is 8.56. The highest BCUT2D eigenvalue weighted by molar-refractivity contribution is 5.85. The molecule has 2 N–H and O–H groups in total. The third-order valence-electron chi connectivity index (χ3n) is 3.56. The first kappa shape index (κ1) is 18.2. The number of amides is 1. The highest BCUT2D eigenvalue weighted by atomic mass is 35.5. The van der Waals surface area contributed by atoms with Gasteiger partial charge in [-0.25, -0.2) is 0 Å². The Hall–Kier alpha value is -1.85. The summed E-state index contributed by atoms with van der Waals surface area (Å²) in [5.41, 5.74) is 2.09. The minimum absolute atomic E-state index is 0. The van der Waals surface area contributed by atoms with Gasteiger partial charge < -0.3 is 10.6 Å². The average Bonchev–Trinajstić information content (AvgIpc) is 2.92. The molecule has 0 aliphatic carbocycles. The molecule has 1 heterocycles. The van der Waals surface area contributed by atoms with Crippen LogP contribution >= 0.6 is 12.4 Å². The van der Waals surface area contributed by atoms with Crippen LogP contribution in [0, 0.1) is 0 Å². The molecule has 0 spiro atoms. The van der Waals surface area contributed by atoms with Crippen LogP contribution in [0.4, 0.5) is 0 Å². The number of rotatable bonds is 6. The lowest BCUT2D eigenvalue weighted by Crippen LogP contribution is -2.37. The smallest absolute Gasteiger partial charge is 0.241 e. The molecule has 2 aromatic rings. The summed E-state index contributed by atoms with van der Waals surface area (Å²) in [4.78, 5) is 12.3. The molecule has 1 aromatic heterocycles. The van der Waals surface area contributed by atoms with E-state index >= 15 is 0 Å². The van der Waals surface area contributed by atoms with Gasteiger partial charge in [0, 0.05) is 25.4 Å². The quantitative estimate of drug-likeness (QED) is 0.855. The van der Waals surface area contributed by atoms with Crippen molar-refractivity contribution >= 4 is 18.3 Å². The number of carbonyl (C=O) groups excluding carboxylic acids is 1. The van der Waals surface area contributed by atoms with Gasteiger partial charge in [0.05, 0.1) is 6.20 Å². The normalized spacial score (nSPS) is 13.0. The third-order valence-corrected chi connectivity index (χ3v) is 3.56. The van der Waals surface area contributed by atoms with Crippen LogP contribution in [0.3, 0.4) is 0 Å². The second-order valence-corrected chi connectivity index (χ2v) is 5.23. The van der Waals surface area contributed by atoms with Crippen molar-refractivity contribution in [2.45, 2.75) is 18.9 Å². The number of benzene rings is 1. The van der Waals surface area contributed by atoms with E-state index in [9.17, 15) is 4.79 Å². The van der Waals surface area contributed by atoms with Crippen molar-refractivity contribution in [1.29, 1.82) is 0 Å². The van der Waals surface area contributed by atoms with Crippen LogP contribution in [0.1, 0.15) is 30.0 Å². The molecule has 120 valence electrons. The first-order valence-corrected chi connectivity index (χ1v) is 7.10. The van der Waals surface area contributed by atoms with E-state index in [1.165, 1.54) is 5.56 Å². The first-order valence-electron chi connectivity index (χ1n) is 7.10. The standard InChI is InChI=1S/C16H22N4O.ClH/c1-12(13-7-5-4-6-8-13)9-18-16(21)15(17-2)14-10-19-20(3)11-14;/h4-8,10-12,15,17H,9H2,1-3H3,(H,18,21);1H. The molecule has 2 unspecified atom stereocenters. The number of hydrogen-bond donors (Lipinski definition) is 2. The first-order chi connectivity index (χ1) is 10.1. The number of likely N-dealkylation sites (N-methyl/N-ethyl adjacent to an activating group) is 1. The summed E-state index contributed by atoms with van der Waals surface area (Å²) in [6, 6.07) is 9.80. The lowest BCUT2D eigenvalue weighted by Gasteiger charge is -2.17. The Labute approximate surface area is 137 Å². The predicted molar refractivity (Wildman–Crippen MR) is 90.1 cm³/mol. The minimum atomic E-state index is -0.373. The summed E-state index contributed by atoms with van der Waals surface area (Å²) < 4.78 is 1.69. The van der Waals surface area contributed by atoms with E-state index in [0.29, 0.717) is 6.54 Å². The van der Waals surface area contributed by atoms with Gasteiger partial charge in [0.2, 0.25) is 5.91 Å². The number of nitrogens with zero attached hydrogens (tertiary/aromatic N) is 2. The molecule has 0 aliphatic rings. The van der Waals surface area contributed by atoms with Gasteiger partial charge in [0.1, 0.15) is 6.04 Å². The van der Waals surface area contributed by atoms with Crippen molar-refractivity contribution in [3.05, 3.63) is 53.9 Å². The molecule has 1 amide bonds. The summed E-state index contributed by atoms with van der Waals surface area (Å²) in [6.45, 7) is 2.72. The Bertz CT molecular complexity index is 585. The van der Waals surface area contributed by atoms with E-state index in [4.69, 9.17) is 0 Å². The van der Waals surface area contributed by atoms with E-state index in [-0.39, 0.29) is 30.3 Å². The van der Waals surface area contributed by atoms with Crippen molar-refractivity contribution in [3.63, 3.8) is 0 Å². The average molecular weight is 323 g/mol. The molecule has 6 heteroatoms. The van der Waals surface area contributed by atoms with Crippen molar-refractivity contribution < 1.29 is 4.79 Å². The largest absolute Gasteiger partial charge is 0.354 e. The van der Waals surface area contributed by atoms with E-state index in [1.807, 2.05) is 31.4 Å². The fourth-order valence-electron chi connectivity index (χ4n) is 2.29. The minimum Gasteiger partial charge on any atom is -0.354 e. The molecule has 0 fully saturated rings. The molecule has 0 bridgehead atoms. The highest BCUT2D eigenvalue weighted by Gasteiger charge is 2.20. The lowest BCUT2D eigenvalue weighted by atomic mass is 10.0. The Morgan fingerprint density at radius 3 is 2.50 bits per heavy atom. The lowest BCUT2D eigenvalue weighted by molar-refractivity contribution is -0.123. The second-order valence-electron chi connectivity index (χ2n) is 5.23. The zero-order valence-corrected chi connectivity index (χ0v) is 13.9. The Balaban J connectivity index is 0.00000242. The molecule has 22 heavy (non-hydrogen) atoms. The topological polar surface area (TPSA) is 59.0 Å². The molecule has 1 aromatic carbocycles. The maximum atomic E-state index is 12.3. The fraction of sp³-hybridized carbons (Fsp3) is 0.375. The summed E-state index contributed by atoms with van der Waals surface area (Å²) in [5.74, 6) is 0.245. The molecule has 2 atom stereocenters. The number of hydrogen-bond acceptors (Lipinski definition) is 3. The maximum Gasteiger partial charge on any atom is 0.241 e. The molecule has 0 saturated heterocycles. The third kappa shape index (κ3) is 4.58. The van der Waals surface area contributed by atoms with Crippen LogP contribution in [0.15, 0.2) is 42.7 Å². The summed E-state index contributed by atoms with van der Waals surface area (Å²) in [7, 11) is 3.61. The monoisotopic (exact) mass is 322 g/mol. The highest BCUT2D eigenvalue weighted by Crippen LogP contribution is 2.15. The van der Waals surface area contributed by atoms with E-state index < -0.39 is 0 Å². The van der Waals surface area contributed by atoms with Gasteiger partial charge in [-0.05, 0) is 18.5 Å². The maximum absolute atomic E-state index is 12.3. The van der Waals surface area contributed by atoms with Crippen LogP contribution in [0.5, 0.6) is 0 Å². The van der Waals surface area contributed by atoms with E-state index in [1.54, 1.807) is 17.9 Å². The molecular weight excluding hydrogens is 300 g/mol. The van der Waals surface area contributed by atoms with Crippen LogP contribution < -0.4 is 10.6 Å². The number of halogens is 1. The van der Waals surface area contributed by atoms with Gasteiger partial charge in [0.25, 0.3) is 0 Å². The molecule has 5 nitrogen and oxygen atoms in total. The number of nitrogens with one attached hydrogen (secondary N) is 2. The number of aryl methyl sites for hydroxylation is 1. The van der Waals surface area contributed by atoms with Crippen molar-refractivity contribution in [2.24, 2.45) is 7.05 Å². The van der Waals surface area contributed by atoms with Crippen molar-refractivity contribution in [2.75, 3.05) is 13.6 Å². The zero-order chi connectivity index (χ0) is 15.2. The van der Waals surface area contributed by atoms with E-state index in [0.717, 1.165) is 5.56 Å². The molecule has 0 aliphatic heterocycles. The summed E-state index contributed by atoms with van der Waals surface area (Å²) in [6.07, 6.45) is 3.56. The zero-order valence-electron chi connectivity index (χ0n) is 13.1. The van der Waals surface area contributed by atoms with Gasteiger partial charge in [-0.3, -0.25) is 9.48 Å². The van der Waals surface area contributed by atoms with Crippen molar-refractivity contribution in [3.8, 4) is 0 Å². The van der Waals surface area contributed by atoms with Crippen LogP contribution in [0.25, 0.3) is 0 Å². The van der Waals surface area contributed by atoms with Crippen LogP contribution in [0.2, 0.25) is 0 Å². The van der Waals surface area contributed by atoms with Gasteiger partial charge >= 0.3 is 0 Å². The van der Waals surface area contributed by atoms with E-state index in [2.05, 4.69) is 34.8 Å². The summed E-state index contributed by atoms with van der Waals surface area (Å²) >= 11 is 0. The van der Waals surface area contributed by atoms with Gasteiger partial charge in [-0.1, -0.05) is 37.3 Å². The number of carbonyl (C=O) groups is 1. The molecule has 0 radical (unpaired) electrons. The predicted octanol–water partition coefficient (Wildman–Crippen LogP) is 2.02.